The SMILES string of the molecule is COc1ccc2nnc(Nc3ccc(C(F)(F)F)cc3)n2n1.COc1ccc2nnc(Nc3ccccc3F)n2n1.Fc1ccc(Nc2nnc3ccc(Sc4ccccc4)nn23)cc1.Fc1cccc(Nc2nnc3ccc(Sc4ccccc4)nn23)c1.Fc1ccccc1Nc1nnc2ccc(Sc3ccccc3)nn12. The van der Waals surface area contributed by atoms with Gasteiger partial charge in [0.05, 0.1) is 31.2 Å². The Morgan fingerprint density at radius 2 is 0.619 bits per heavy atom. The Bertz CT molecular complexity index is 6210. The van der Waals surface area contributed by atoms with Gasteiger partial charge in [0.2, 0.25) is 23.7 Å². The van der Waals surface area contributed by atoms with E-state index in [0.717, 1.165) is 41.9 Å². The molecule has 0 unspecified atom stereocenters. The molecule has 113 heavy (non-hydrogen) atoms. The highest BCUT2D eigenvalue weighted by Crippen LogP contribution is 2.33. The number of hydrogen-bond acceptors (Lipinski definition) is 25. The van der Waals surface area contributed by atoms with Gasteiger partial charge < -0.3 is 36.1 Å². The van der Waals surface area contributed by atoms with E-state index in [1.165, 1.54) is 83.5 Å². The predicted molar refractivity (Wildman–Crippen MR) is 412 cm³/mol. The zero-order chi connectivity index (χ0) is 78.1. The number of rotatable bonds is 18. The first-order chi connectivity index (χ1) is 55.1. The van der Waals surface area contributed by atoms with Crippen LogP contribution in [0.4, 0.5) is 88.9 Å². The summed E-state index contributed by atoms with van der Waals surface area (Å²) in [6, 6.07) is 77.4. The molecule has 0 radical (unpaired) electrons. The average molecular weight is 1580 g/mol. The quantitative estimate of drug-likeness (QED) is 0.0499. The molecule has 27 nitrogen and oxygen atoms in total. The molecular formula is C76H56F7N25O2S3. The fraction of sp³-hybridized carbons (Fsp3) is 0.0395. The van der Waals surface area contributed by atoms with E-state index >= 15 is 0 Å². The molecule has 0 fully saturated rings. The van der Waals surface area contributed by atoms with Gasteiger partial charge in [0, 0.05) is 43.9 Å². The van der Waals surface area contributed by atoms with Crippen molar-refractivity contribution in [3.63, 3.8) is 0 Å². The van der Waals surface area contributed by atoms with Crippen molar-refractivity contribution in [3.05, 3.63) is 302 Å². The third-order valence-corrected chi connectivity index (χ3v) is 18.2. The van der Waals surface area contributed by atoms with Crippen LogP contribution in [0.5, 0.6) is 11.8 Å². The first-order valence-corrected chi connectivity index (χ1v) is 36.0. The number of halogens is 7. The molecule has 18 aromatic rings. The lowest BCUT2D eigenvalue weighted by Gasteiger charge is -2.08. The number of aromatic nitrogens is 20. The van der Waals surface area contributed by atoms with E-state index in [2.05, 4.69) is 103 Å². The maximum atomic E-state index is 13.8. The second-order valence-corrected chi connectivity index (χ2v) is 26.4. The van der Waals surface area contributed by atoms with Crippen LogP contribution in [0.25, 0.3) is 28.2 Å². The lowest BCUT2D eigenvalue weighted by Crippen LogP contribution is -2.05. The predicted octanol–water partition coefficient (Wildman–Crippen LogP) is 17.4. The third kappa shape index (κ3) is 19.6. The molecule has 10 aromatic heterocycles. The van der Waals surface area contributed by atoms with Gasteiger partial charge in [-0.25, -0.2) is 17.6 Å². The van der Waals surface area contributed by atoms with E-state index in [9.17, 15) is 30.7 Å². The van der Waals surface area contributed by atoms with E-state index in [4.69, 9.17) is 9.47 Å². The minimum absolute atomic E-state index is 0.272. The fourth-order valence-corrected chi connectivity index (χ4v) is 12.4. The zero-order valence-corrected chi connectivity index (χ0v) is 61.1. The van der Waals surface area contributed by atoms with Gasteiger partial charge in [-0.3, -0.25) is 0 Å². The lowest BCUT2D eigenvalue weighted by molar-refractivity contribution is -0.137. The summed E-state index contributed by atoms with van der Waals surface area (Å²) in [7, 11) is 2.99. The van der Waals surface area contributed by atoms with Gasteiger partial charge in [0.15, 0.2) is 28.2 Å². The minimum atomic E-state index is -4.37. The van der Waals surface area contributed by atoms with Crippen LogP contribution in [0.2, 0.25) is 0 Å². The van der Waals surface area contributed by atoms with Crippen LogP contribution in [-0.4, -0.2) is 113 Å². The molecule has 10 heterocycles. The Morgan fingerprint density at radius 3 is 0.973 bits per heavy atom. The smallest absolute Gasteiger partial charge is 0.416 e. The topological polar surface area (TPSA) is 294 Å². The van der Waals surface area contributed by atoms with E-state index in [1.807, 2.05) is 127 Å². The Kier molecular flexibility index (Phi) is 23.6. The number of nitrogens with one attached hydrogen (secondary N) is 5. The first kappa shape index (κ1) is 75.5. The summed E-state index contributed by atoms with van der Waals surface area (Å²) >= 11 is 4.64. The number of methoxy groups -OCH3 is 2. The molecule has 8 aromatic carbocycles. The number of anilines is 10. The minimum Gasteiger partial charge on any atom is -0.480 e. The van der Waals surface area contributed by atoms with Crippen molar-refractivity contribution >= 4 is 122 Å². The zero-order valence-electron chi connectivity index (χ0n) is 58.6. The van der Waals surface area contributed by atoms with Crippen molar-refractivity contribution in [2.75, 3.05) is 40.8 Å². The fourth-order valence-electron chi connectivity index (χ4n) is 10.1. The second-order valence-electron chi connectivity index (χ2n) is 23.2. The van der Waals surface area contributed by atoms with Crippen LogP contribution in [0.3, 0.4) is 0 Å². The molecular weight excluding hydrogens is 1520 g/mol. The van der Waals surface area contributed by atoms with Crippen LogP contribution in [0, 0.1) is 23.3 Å². The average Bonchev–Trinajstić information content (AvgIpc) is 1.71. The van der Waals surface area contributed by atoms with Gasteiger partial charge in [-0.1, -0.05) is 120 Å². The molecule has 0 aliphatic heterocycles. The van der Waals surface area contributed by atoms with Crippen molar-refractivity contribution in [1.29, 1.82) is 0 Å². The highest BCUT2D eigenvalue weighted by atomic mass is 32.2. The molecule has 0 bridgehead atoms. The monoisotopic (exact) mass is 1580 g/mol. The maximum Gasteiger partial charge on any atom is 0.416 e. The van der Waals surface area contributed by atoms with E-state index in [1.54, 1.807) is 122 Å². The molecule has 0 saturated carbocycles. The molecule has 5 N–H and O–H groups in total. The van der Waals surface area contributed by atoms with Gasteiger partial charge in [-0.15, -0.1) is 61.2 Å². The van der Waals surface area contributed by atoms with Crippen molar-refractivity contribution < 1.29 is 40.2 Å². The Hall–Kier alpha value is -14.3. The Labute approximate surface area is 647 Å². The maximum absolute atomic E-state index is 13.8. The molecule has 0 atom stereocenters. The van der Waals surface area contributed by atoms with Crippen molar-refractivity contribution in [2.45, 2.75) is 35.9 Å². The van der Waals surface area contributed by atoms with Crippen molar-refractivity contribution in [2.24, 2.45) is 0 Å². The number of hydrogen-bond donors (Lipinski definition) is 5. The second kappa shape index (κ2) is 35.4. The molecule has 0 spiro atoms. The number of ether oxygens (including phenoxy) is 2. The normalized spacial score (nSPS) is 11.0. The molecule has 0 aliphatic rings. The Morgan fingerprint density at radius 1 is 0.292 bits per heavy atom. The third-order valence-electron chi connectivity index (χ3n) is 15.4. The summed E-state index contributed by atoms with van der Waals surface area (Å²) in [5.41, 5.74) is 4.53. The highest BCUT2D eigenvalue weighted by Gasteiger charge is 2.30. The highest BCUT2D eigenvalue weighted by molar-refractivity contribution is 7.99. The van der Waals surface area contributed by atoms with Gasteiger partial charge >= 0.3 is 6.18 Å². The van der Waals surface area contributed by atoms with Gasteiger partial charge in [-0.05, 0) is 176 Å². The van der Waals surface area contributed by atoms with E-state index in [-0.39, 0.29) is 29.2 Å². The lowest BCUT2D eigenvalue weighted by atomic mass is 10.2. The molecule has 0 aliphatic carbocycles. The summed E-state index contributed by atoms with van der Waals surface area (Å²) in [5, 5.41) is 79.2. The molecule has 564 valence electrons. The van der Waals surface area contributed by atoms with Crippen LogP contribution >= 0.6 is 35.3 Å². The standard InChI is InChI=1S/3C17H12FN5S.C13H10F3N5O.C12H10FN5O/c18-12-5-4-6-13(11-12)19-17-21-20-15-9-10-16(22-23(15)17)24-14-7-2-1-3-8-14;18-13-8-4-5-9-14(13)19-17-21-20-15-10-11-16(22-23(15)17)24-12-6-2-1-3-7-12;18-12-6-8-13(9-7-12)19-17-21-20-15-10-11-16(22-23(15)17)24-14-4-2-1-3-5-14;1-22-11-7-6-10-18-19-12(21(10)20-11)17-9-4-2-8(3-5-9)13(14,15)16;1-19-11-7-6-10-15-16-12(18(10)17-11)14-9-5-3-2-4-8(9)13/h3*1-11H,(H,19,21);2-7H,1H3,(H,17,19);2-7H,1H3,(H,14,16). The number of alkyl halides is 3. The summed E-state index contributed by atoms with van der Waals surface area (Å²) in [6.45, 7) is 0. The molecule has 0 saturated heterocycles. The largest absolute Gasteiger partial charge is 0.480 e. The van der Waals surface area contributed by atoms with Crippen LogP contribution < -0.4 is 36.1 Å². The summed E-state index contributed by atoms with van der Waals surface area (Å²) in [4.78, 5) is 3.28. The van der Waals surface area contributed by atoms with Gasteiger partial charge in [0.25, 0.3) is 17.8 Å². The number of nitrogens with zero attached hydrogens (tertiary/aromatic N) is 20. The van der Waals surface area contributed by atoms with Crippen molar-refractivity contribution in [1.82, 2.24) is 99.1 Å². The van der Waals surface area contributed by atoms with E-state index < -0.39 is 11.7 Å². The molecule has 37 heteroatoms. The van der Waals surface area contributed by atoms with E-state index in [0.29, 0.717) is 92.2 Å². The van der Waals surface area contributed by atoms with Crippen LogP contribution in [0.15, 0.2) is 303 Å². The summed E-state index contributed by atoms with van der Waals surface area (Å²) in [5.74, 6) is 1.32. The summed E-state index contributed by atoms with van der Waals surface area (Å²) in [6.07, 6.45) is -4.37. The first-order valence-electron chi connectivity index (χ1n) is 33.5. The Balaban J connectivity index is 0.000000117. The summed E-state index contributed by atoms with van der Waals surface area (Å²) < 4.78 is 109. The van der Waals surface area contributed by atoms with Crippen LogP contribution in [0.1, 0.15) is 5.56 Å². The van der Waals surface area contributed by atoms with Gasteiger partial charge in [-0.2, -0.15) is 51.0 Å². The number of benzene rings is 8. The molecule has 18 rings (SSSR count). The number of para-hydroxylation sites is 2. The molecule has 0 amide bonds. The van der Waals surface area contributed by atoms with Crippen molar-refractivity contribution in [3.8, 4) is 11.8 Å². The van der Waals surface area contributed by atoms with Crippen LogP contribution in [-0.2, 0) is 6.18 Å². The number of fused-ring (bicyclic) bond motifs is 5. The van der Waals surface area contributed by atoms with Gasteiger partial charge in [0.1, 0.15) is 38.3 Å².